The van der Waals surface area contributed by atoms with E-state index in [0.717, 1.165) is 10.0 Å². The van der Waals surface area contributed by atoms with Crippen molar-refractivity contribution >= 4 is 22.9 Å². The molecule has 2 nitrogen and oxygen atoms in total. The largest absolute Gasteiger partial charge is 0.391 e. The van der Waals surface area contributed by atoms with Crippen LogP contribution in [0.5, 0.6) is 0 Å². The number of nitrogens with zero attached hydrogens (tertiary/aromatic N) is 2. The highest BCUT2D eigenvalue weighted by molar-refractivity contribution is 7.11. The molecule has 0 amide bonds. The third-order valence-electron chi connectivity index (χ3n) is 3.34. The normalized spacial score (nSPS) is 27.2. The van der Waals surface area contributed by atoms with E-state index in [4.69, 9.17) is 11.6 Å². The Morgan fingerprint density at radius 1 is 1.22 bits per heavy atom. The van der Waals surface area contributed by atoms with Crippen molar-refractivity contribution in [1.29, 1.82) is 0 Å². The Labute approximate surface area is 113 Å². The van der Waals surface area contributed by atoms with Gasteiger partial charge >= 0.3 is 6.18 Å². The number of alkyl halides is 4. The molecule has 1 saturated carbocycles. The molecule has 1 aliphatic carbocycles. The third-order valence-corrected chi connectivity index (χ3v) is 4.94. The molecule has 0 aromatic carbocycles. The second-order valence-corrected chi connectivity index (χ2v) is 6.38. The van der Waals surface area contributed by atoms with Crippen LogP contribution in [0.2, 0.25) is 0 Å². The summed E-state index contributed by atoms with van der Waals surface area (Å²) in [5.74, 6) is -1.03. The third kappa shape index (κ3) is 3.15. The Balaban J connectivity index is 1.97. The minimum atomic E-state index is -4.05. The molecule has 0 aliphatic heterocycles. The smallest absolute Gasteiger partial charge is 0.171 e. The lowest BCUT2D eigenvalue weighted by molar-refractivity contribution is -0.182. The number of rotatable bonds is 2. The molecule has 2 rings (SSSR count). The fourth-order valence-corrected chi connectivity index (χ4v) is 3.36. The van der Waals surface area contributed by atoms with Crippen LogP contribution in [-0.4, -0.2) is 16.4 Å². The fraction of sp³-hybridized carbons (Fsp3) is 0.818. The van der Waals surface area contributed by atoms with Gasteiger partial charge < -0.3 is 0 Å². The van der Waals surface area contributed by atoms with E-state index in [1.165, 1.54) is 11.3 Å². The van der Waals surface area contributed by atoms with E-state index >= 15 is 0 Å². The average molecular weight is 299 g/mol. The van der Waals surface area contributed by atoms with Crippen LogP contribution in [-0.2, 0) is 0 Å². The molecule has 1 aromatic rings. The van der Waals surface area contributed by atoms with Crippen molar-refractivity contribution in [2.75, 3.05) is 0 Å². The predicted octanol–water partition coefficient (Wildman–Crippen LogP) is 4.67. The van der Waals surface area contributed by atoms with Gasteiger partial charge in [0.05, 0.1) is 11.3 Å². The second-order valence-electron chi connectivity index (χ2n) is 4.68. The average Bonchev–Trinajstić information content (AvgIpc) is 2.77. The van der Waals surface area contributed by atoms with Gasteiger partial charge in [0.1, 0.15) is 10.0 Å². The van der Waals surface area contributed by atoms with Gasteiger partial charge in [0.2, 0.25) is 0 Å². The molecule has 18 heavy (non-hydrogen) atoms. The summed E-state index contributed by atoms with van der Waals surface area (Å²) in [4.78, 5) is 0. The van der Waals surface area contributed by atoms with E-state index in [0.29, 0.717) is 12.8 Å². The summed E-state index contributed by atoms with van der Waals surface area (Å²) >= 11 is 7.32. The maximum Gasteiger partial charge on any atom is 0.391 e. The van der Waals surface area contributed by atoms with Crippen LogP contribution in [0.15, 0.2) is 0 Å². The van der Waals surface area contributed by atoms with Crippen LogP contribution >= 0.6 is 22.9 Å². The highest BCUT2D eigenvalue weighted by atomic mass is 35.5. The first kappa shape index (κ1) is 14.1. The lowest BCUT2D eigenvalue weighted by atomic mass is 9.82. The van der Waals surface area contributed by atoms with Crippen LogP contribution in [0, 0.1) is 5.92 Å². The van der Waals surface area contributed by atoms with Crippen molar-refractivity contribution in [2.45, 2.75) is 50.1 Å². The molecule has 1 aromatic heterocycles. The molecule has 1 atom stereocenters. The van der Waals surface area contributed by atoms with Crippen LogP contribution in [0.4, 0.5) is 13.2 Å². The maximum atomic E-state index is 12.5. The fourth-order valence-electron chi connectivity index (χ4n) is 2.24. The monoisotopic (exact) mass is 298 g/mol. The van der Waals surface area contributed by atoms with E-state index in [2.05, 4.69) is 10.2 Å². The number of hydrogen-bond acceptors (Lipinski definition) is 3. The summed E-state index contributed by atoms with van der Waals surface area (Å²) in [5.41, 5.74) is 0. The molecule has 0 bridgehead atoms. The Bertz CT molecular complexity index is 397. The van der Waals surface area contributed by atoms with Crippen molar-refractivity contribution in [1.82, 2.24) is 10.2 Å². The van der Waals surface area contributed by atoms with E-state index in [1.807, 2.05) is 6.92 Å². The van der Waals surface area contributed by atoms with Crippen molar-refractivity contribution in [3.05, 3.63) is 10.0 Å². The Hall–Kier alpha value is -0.360. The molecule has 1 aliphatic rings. The van der Waals surface area contributed by atoms with Crippen molar-refractivity contribution in [3.63, 3.8) is 0 Å². The standard InChI is InChI=1S/C11H14ClF3N2S/c1-6(12)9-16-17-10(18-9)7-2-4-8(5-3-7)11(13,14)15/h6-8H,2-5H2,1H3. The SMILES string of the molecule is CC(Cl)c1nnc(C2CCC(C(F)(F)F)CC2)s1. The first-order valence-electron chi connectivity index (χ1n) is 5.92. The maximum absolute atomic E-state index is 12.5. The summed E-state index contributed by atoms with van der Waals surface area (Å²) in [6.45, 7) is 1.81. The van der Waals surface area contributed by atoms with E-state index in [-0.39, 0.29) is 24.1 Å². The van der Waals surface area contributed by atoms with Gasteiger partial charge in [0.25, 0.3) is 0 Å². The molecule has 0 spiro atoms. The van der Waals surface area contributed by atoms with E-state index in [1.54, 1.807) is 0 Å². The molecule has 0 saturated heterocycles. The molecule has 1 unspecified atom stereocenters. The Kier molecular flexibility index (Phi) is 4.16. The van der Waals surface area contributed by atoms with E-state index in [9.17, 15) is 13.2 Å². The summed E-state index contributed by atoms with van der Waals surface area (Å²) < 4.78 is 37.6. The van der Waals surface area contributed by atoms with Gasteiger partial charge in [-0.3, -0.25) is 0 Å². The zero-order valence-electron chi connectivity index (χ0n) is 9.88. The molecular weight excluding hydrogens is 285 g/mol. The molecule has 1 heterocycles. The van der Waals surface area contributed by atoms with Crippen molar-refractivity contribution in [3.8, 4) is 0 Å². The van der Waals surface area contributed by atoms with Crippen LogP contribution in [0.1, 0.15) is 53.9 Å². The molecule has 7 heteroatoms. The highest BCUT2D eigenvalue weighted by Gasteiger charge is 2.42. The van der Waals surface area contributed by atoms with Gasteiger partial charge in [-0.25, -0.2) is 0 Å². The van der Waals surface area contributed by atoms with Crippen LogP contribution in [0.25, 0.3) is 0 Å². The minimum absolute atomic E-state index is 0.116. The molecule has 0 radical (unpaired) electrons. The first-order chi connectivity index (χ1) is 8.38. The van der Waals surface area contributed by atoms with Crippen molar-refractivity contribution < 1.29 is 13.2 Å². The van der Waals surface area contributed by atoms with Crippen molar-refractivity contribution in [2.24, 2.45) is 5.92 Å². The van der Waals surface area contributed by atoms with Gasteiger partial charge in [-0.05, 0) is 32.6 Å². The predicted molar refractivity (Wildman–Crippen MR) is 64.9 cm³/mol. The molecule has 1 fully saturated rings. The minimum Gasteiger partial charge on any atom is -0.171 e. The number of hydrogen-bond donors (Lipinski definition) is 0. The lowest BCUT2D eigenvalue weighted by Crippen LogP contribution is -2.27. The van der Waals surface area contributed by atoms with Gasteiger partial charge in [-0.15, -0.1) is 21.8 Å². The number of aromatic nitrogens is 2. The Morgan fingerprint density at radius 2 is 1.83 bits per heavy atom. The summed E-state index contributed by atoms with van der Waals surface area (Å²) in [5, 5.41) is 9.40. The molecular formula is C11H14ClF3N2S. The second kappa shape index (κ2) is 5.33. The molecule has 102 valence electrons. The summed E-state index contributed by atoms with van der Waals surface area (Å²) in [6.07, 6.45) is -2.59. The van der Waals surface area contributed by atoms with Gasteiger partial charge in [0.15, 0.2) is 0 Å². The quantitative estimate of drug-likeness (QED) is 0.741. The first-order valence-corrected chi connectivity index (χ1v) is 7.17. The van der Waals surface area contributed by atoms with Crippen LogP contribution in [0.3, 0.4) is 0 Å². The summed E-state index contributed by atoms with van der Waals surface area (Å²) in [6, 6.07) is 0. The van der Waals surface area contributed by atoms with Gasteiger partial charge in [-0.1, -0.05) is 11.3 Å². The summed E-state index contributed by atoms with van der Waals surface area (Å²) in [7, 11) is 0. The number of halogens is 4. The van der Waals surface area contributed by atoms with Crippen LogP contribution < -0.4 is 0 Å². The molecule has 0 N–H and O–H groups in total. The van der Waals surface area contributed by atoms with Gasteiger partial charge in [-0.2, -0.15) is 13.2 Å². The van der Waals surface area contributed by atoms with Gasteiger partial charge in [0, 0.05) is 5.92 Å². The zero-order chi connectivity index (χ0) is 13.3. The zero-order valence-corrected chi connectivity index (χ0v) is 11.4. The highest BCUT2D eigenvalue weighted by Crippen LogP contribution is 2.43. The topological polar surface area (TPSA) is 25.8 Å². The Morgan fingerprint density at radius 3 is 2.28 bits per heavy atom. The lowest BCUT2D eigenvalue weighted by Gasteiger charge is -2.28. The van der Waals surface area contributed by atoms with E-state index < -0.39 is 12.1 Å².